The van der Waals surface area contributed by atoms with Crippen molar-refractivity contribution < 1.29 is 9.18 Å². The summed E-state index contributed by atoms with van der Waals surface area (Å²) in [5.41, 5.74) is 5.61. The Bertz CT molecular complexity index is 376. The Morgan fingerprint density at radius 3 is 2.88 bits per heavy atom. The zero-order chi connectivity index (χ0) is 12.8. The first-order valence-electron chi connectivity index (χ1n) is 5.50. The molecule has 0 fully saturated rings. The lowest BCUT2D eigenvalue weighted by Crippen LogP contribution is -2.17. The minimum Gasteiger partial charge on any atom is -0.328 e. The van der Waals surface area contributed by atoms with Crippen molar-refractivity contribution in [3.05, 3.63) is 29.0 Å². The van der Waals surface area contributed by atoms with Crippen molar-refractivity contribution in [1.29, 1.82) is 0 Å². The van der Waals surface area contributed by atoms with E-state index >= 15 is 0 Å². The topological polar surface area (TPSA) is 55.1 Å². The van der Waals surface area contributed by atoms with Crippen LogP contribution in [-0.2, 0) is 4.79 Å². The fourth-order valence-electron chi connectivity index (χ4n) is 1.40. The normalized spacial score (nSPS) is 12.2. The summed E-state index contributed by atoms with van der Waals surface area (Å²) in [4.78, 5) is 11.5. The van der Waals surface area contributed by atoms with Crippen LogP contribution in [0, 0.1) is 5.82 Å². The van der Waals surface area contributed by atoms with E-state index in [1.165, 1.54) is 18.2 Å². The van der Waals surface area contributed by atoms with E-state index in [0.29, 0.717) is 12.8 Å². The van der Waals surface area contributed by atoms with Crippen LogP contribution in [0.2, 0.25) is 5.02 Å². The van der Waals surface area contributed by atoms with Gasteiger partial charge in [0.2, 0.25) is 5.91 Å². The maximum Gasteiger partial charge on any atom is 0.224 e. The van der Waals surface area contributed by atoms with E-state index in [9.17, 15) is 9.18 Å². The molecule has 1 amide bonds. The van der Waals surface area contributed by atoms with E-state index in [0.717, 1.165) is 6.42 Å². The second-order valence-corrected chi connectivity index (χ2v) is 4.42. The molecule has 0 bridgehead atoms. The molecule has 1 aromatic rings. The third-order valence-corrected chi connectivity index (χ3v) is 2.61. The van der Waals surface area contributed by atoms with Gasteiger partial charge in [-0.05, 0) is 31.9 Å². The van der Waals surface area contributed by atoms with Crippen molar-refractivity contribution in [3.8, 4) is 0 Å². The van der Waals surface area contributed by atoms with Crippen molar-refractivity contribution in [1.82, 2.24) is 0 Å². The number of hydrogen-bond donors (Lipinski definition) is 2. The van der Waals surface area contributed by atoms with Crippen molar-refractivity contribution in [3.63, 3.8) is 0 Å². The van der Waals surface area contributed by atoms with Crippen molar-refractivity contribution in [2.75, 3.05) is 5.32 Å². The third kappa shape index (κ3) is 4.71. The molecule has 1 rings (SSSR count). The molecule has 1 aromatic carbocycles. The van der Waals surface area contributed by atoms with E-state index in [1.807, 2.05) is 6.92 Å². The van der Waals surface area contributed by atoms with Crippen molar-refractivity contribution in [2.24, 2.45) is 5.73 Å². The van der Waals surface area contributed by atoms with E-state index in [4.69, 9.17) is 17.3 Å². The molecular weight excluding hydrogens is 243 g/mol. The number of rotatable bonds is 5. The fourth-order valence-corrected chi connectivity index (χ4v) is 1.61. The number of carbonyl (C=O) groups is 1. The number of anilines is 1. The molecule has 5 heteroatoms. The number of amides is 1. The molecule has 3 nitrogen and oxygen atoms in total. The first kappa shape index (κ1) is 13.9. The number of nitrogens with two attached hydrogens (primary N) is 1. The number of hydrogen-bond acceptors (Lipinski definition) is 2. The van der Waals surface area contributed by atoms with Gasteiger partial charge in [-0.3, -0.25) is 4.79 Å². The standard InChI is InChI=1S/C12H16ClFN2O/c1-8(15)4-2-7-11(17)16-12-9(13)5-3-6-10(12)14/h3,5-6,8H,2,4,7,15H2,1H3,(H,16,17). The lowest BCUT2D eigenvalue weighted by Gasteiger charge is -2.08. The smallest absolute Gasteiger partial charge is 0.224 e. The molecule has 94 valence electrons. The maximum atomic E-state index is 13.3. The molecule has 0 aliphatic carbocycles. The summed E-state index contributed by atoms with van der Waals surface area (Å²) < 4.78 is 13.3. The van der Waals surface area contributed by atoms with Crippen LogP contribution < -0.4 is 11.1 Å². The van der Waals surface area contributed by atoms with Gasteiger partial charge in [-0.2, -0.15) is 0 Å². The number of carbonyl (C=O) groups excluding carboxylic acids is 1. The molecule has 1 atom stereocenters. The van der Waals surface area contributed by atoms with E-state index in [-0.39, 0.29) is 22.7 Å². The quantitative estimate of drug-likeness (QED) is 0.853. The molecule has 1 unspecified atom stereocenters. The zero-order valence-corrected chi connectivity index (χ0v) is 10.4. The van der Waals surface area contributed by atoms with Crippen LogP contribution in [0.3, 0.4) is 0 Å². The van der Waals surface area contributed by atoms with Gasteiger partial charge in [0.25, 0.3) is 0 Å². The van der Waals surface area contributed by atoms with Crippen LogP contribution in [0.1, 0.15) is 26.2 Å². The van der Waals surface area contributed by atoms with Gasteiger partial charge < -0.3 is 11.1 Å². The van der Waals surface area contributed by atoms with Crippen LogP contribution in [0.5, 0.6) is 0 Å². The Labute approximate surface area is 105 Å². The minimum atomic E-state index is -0.530. The second kappa shape index (κ2) is 6.57. The van der Waals surface area contributed by atoms with E-state index < -0.39 is 5.82 Å². The average molecular weight is 259 g/mol. The van der Waals surface area contributed by atoms with Crippen molar-refractivity contribution in [2.45, 2.75) is 32.2 Å². The van der Waals surface area contributed by atoms with Crippen LogP contribution >= 0.6 is 11.6 Å². The average Bonchev–Trinajstić information content (AvgIpc) is 2.23. The Kier molecular flexibility index (Phi) is 5.38. The van der Waals surface area contributed by atoms with Gasteiger partial charge >= 0.3 is 0 Å². The van der Waals surface area contributed by atoms with Crippen molar-refractivity contribution >= 4 is 23.2 Å². The number of halogens is 2. The second-order valence-electron chi connectivity index (χ2n) is 4.01. The van der Waals surface area contributed by atoms with E-state index in [1.54, 1.807) is 0 Å². The van der Waals surface area contributed by atoms with Gasteiger partial charge in [0.05, 0.1) is 10.7 Å². The van der Waals surface area contributed by atoms with Crippen LogP contribution in [0.4, 0.5) is 10.1 Å². The summed E-state index contributed by atoms with van der Waals surface area (Å²) in [6, 6.07) is 4.34. The highest BCUT2D eigenvalue weighted by Crippen LogP contribution is 2.24. The Morgan fingerprint density at radius 2 is 2.29 bits per heavy atom. The SMILES string of the molecule is CC(N)CCCC(=O)Nc1c(F)cccc1Cl. The Hall–Kier alpha value is -1.13. The molecule has 17 heavy (non-hydrogen) atoms. The molecule has 3 N–H and O–H groups in total. The first-order chi connectivity index (χ1) is 8.00. The zero-order valence-electron chi connectivity index (χ0n) is 9.67. The lowest BCUT2D eigenvalue weighted by molar-refractivity contribution is -0.116. The highest BCUT2D eigenvalue weighted by molar-refractivity contribution is 6.33. The summed E-state index contributed by atoms with van der Waals surface area (Å²) in [6.45, 7) is 1.88. The largest absolute Gasteiger partial charge is 0.328 e. The van der Waals surface area contributed by atoms with Crippen LogP contribution in [0.15, 0.2) is 18.2 Å². The minimum absolute atomic E-state index is 0.0416. The summed E-state index contributed by atoms with van der Waals surface area (Å²) in [6.07, 6.45) is 1.75. The maximum absolute atomic E-state index is 13.3. The third-order valence-electron chi connectivity index (χ3n) is 2.29. The van der Waals surface area contributed by atoms with Gasteiger partial charge in [0.15, 0.2) is 0 Å². The summed E-state index contributed by atoms with van der Waals surface area (Å²) >= 11 is 5.78. The van der Waals surface area contributed by atoms with Gasteiger partial charge in [-0.1, -0.05) is 17.7 Å². The first-order valence-corrected chi connectivity index (χ1v) is 5.88. The van der Waals surface area contributed by atoms with Gasteiger partial charge in [0.1, 0.15) is 5.82 Å². The molecule has 0 aliphatic heterocycles. The molecule has 0 saturated carbocycles. The molecule has 0 aliphatic rings. The fraction of sp³-hybridized carbons (Fsp3) is 0.417. The lowest BCUT2D eigenvalue weighted by atomic mass is 10.1. The Balaban J connectivity index is 2.51. The predicted molar refractivity (Wildman–Crippen MR) is 67.5 cm³/mol. The van der Waals surface area contributed by atoms with Crippen LogP contribution in [-0.4, -0.2) is 11.9 Å². The molecule has 0 aromatic heterocycles. The summed E-state index contributed by atoms with van der Waals surface area (Å²) in [5, 5.41) is 2.67. The van der Waals surface area contributed by atoms with Crippen LogP contribution in [0.25, 0.3) is 0 Å². The molecule has 0 spiro atoms. The number of nitrogens with one attached hydrogen (secondary N) is 1. The predicted octanol–water partition coefficient (Wildman–Crippen LogP) is 2.94. The molecular formula is C12H16ClFN2O. The molecule has 0 saturated heterocycles. The Morgan fingerprint density at radius 1 is 1.59 bits per heavy atom. The number of para-hydroxylation sites is 1. The molecule has 0 heterocycles. The van der Waals surface area contributed by atoms with Gasteiger partial charge in [-0.15, -0.1) is 0 Å². The summed E-state index contributed by atoms with van der Waals surface area (Å²) in [5.74, 6) is -0.782. The monoisotopic (exact) mass is 258 g/mol. The van der Waals surface area contributed by atoms with Gasteiger partial charge in [-0.25, -0.2) is 4.39 Å². The highest BCUT2D eigenvalue weighted by atomic mass is 35.5. The van der Waals surface area contributed by atoms with E-state index in [2.05, 4.69) is 5.32 Å². The number of benzene rings is 1. The highest BCUT2D eigenvalue weighted by Gasteiger charge is 2.10. The summed E-state index contributed by atoms with van der Waals surface area (Å²) in [7, 11) is 0. The van der Waals surface area contributed by atoms with Gasteiger partial charge in [0, 0.05) is 12.5 Å². The molecule has 0 radical (unpaired) electrons.